The maximum absolute atomic E-state index is 4.32. The van der Waals surface area contributed by atoms with Gasteiger partial charge < -0.3 is 13.8 Å². The summed E-state index contributed by atoms with van der Waals surface area (Å²) in [6.45, 7) is 113. The molecule has 1 spiro atoms. The summed E-state index contributed by atoms with van der Waals surface area (Å²) in [6, 6.07) is 0. The van der Waals surface area contributed by atoms with Crippen molar-refractivity contribution in [1.29, 1.82) is 0 Å². The second-order valence-corrected chi connectivity index (χ2v) is 15.0. The average molecular weight is 1350 g/mol. The third-order valence-corrected chi connectivity index (χ3v) is 12.6. The van der Waals surface area contributed by atoms with Gasteiger partial charge in [0.2, 0.25) is 0 Å². The van der Waals surface area contributed by atoms with Gasteiger partial charge >= 0.3 is 0 Å². The molecule has 1 radical (unpaired) electrons. The molecule has 0 aromatic rings. The SMILES string of the molecule is C.C.C.C.C.C.C.C.C.C.CC.CC.CC.CC.CC.CC.CC.CC.CC.CC.CC.CC.CC.CC.CC.CC.CC.CC.CC.CC.C[C@@H]1CCC[C@H](C)C1.C[C@@H]1CCC[C@H](C)C12[C@H](C)CC[C@@H]2C.[CH2-][C@H](C)C1([C@@H]([CH2-])C)[C@H](C)CCC[C@@H]1C.[Y]. The molecule has 1 heteroatoms. The molecule has 0 aromatic heterocycles. The maximum Gasteiger partial charge on any atom is 0 e. The predicted molar refractivity (Wildman–Crippen MR) is 457 cm³/mol. The van der Waals surface area contributed by atoms with Gasteiger partial charge in [0.1, 0.15) is 0 Å². The van der Waals surface area contributed by atoms with Gasteiger partial charge in [-0.1, -0.05) is 484 Å². The predicted octanol–water partition coefficient (Wildman–Crippen LogP) is 38.6. The molecule has 0 heterocycles. The Balaban J connectivity index is -0.0000000149. The molecule has 2 unspecified atom stereocenters. The van der Waals surface area contributed by atoms with Crippen LogP contribution in [0, 0.1) is 83.9 Å². The summed E-state index contributed by atoms with van der Waals surface area (Å²) in [5.74, 6) is 8.51. The van der Waals surface area contributed by atoms with Gasteiger partial charge in [-0.25, -0.2) is 0 Å². The van der Waals surface area contributed by atoms with Crippen LogP contribution in [0.15, 0.2) is 0 Å². The van der Waals surface area contributed by atoms with Crippen LogP contribution in [0.3, 0.4) is 0 Å². The second-order valence-electron chi connectivity index (χ2n) is 15.0. The molecule has 87 heavy (non-hydrogen) atoms. The first-order valence-corrected chi connectivity index (χ1v) is 36.5. The van der Waals surface area contributed by atoms with Gasteiger partial charge in [0, 0.05) is 32.7 Å². The maximum atomic E-state index is 4.32. The number of hydrogen-bond acceptors (Lipinski definition) is 0. The largest absolute Gasteiger partial charge is 0.340 e. The average Bonchev–Trinajstić information content (AvgIpc) is 3.83. The van der Waals surface area contributed by atoms with Crippen molar-refractivity contribution in [3.8, 4) is 0 Å². The Kier molecular flexibility index (Phi) is 484. The molecule has 0 aliphatic heterocycles. The molecule has 0 saturated heterocycles. The molecule has 4 aliphatic carbocycles. The van der Waals surface area contributed by atoms with Gasteiger partial charge in [0.15, 0.2) is 0 Å². The molecule has 0 nitrogen and oxygen atoms in total. The zero-order chi connectivity index (χ0) is 67.3. The Morgan fingerprint density at radius 2 is 0.356 bits per heavy atom. The molecule has 0 N–H and O–H groups in total. The van der Waals surface area contributed by atoms with Crippen LogP contribution in [0.25, 0.3) is 0 Å². The van der Waals surface area contributed by atoms with Crippen molar-refractivity contribution < 1.29 is 32.7 Å². The normalized spacial score (nSPS) is 20.7. The Labute approximate surface area is 609 Å². The van der Waals surface area contributed by atoms with E-state index in [1.807, 2.05) is 277 Å². The monoisotopic (exact) mass is 1350 g/mol. The van der Waals surface area contributed by atoms with E-state index in [9.17, 15) is 0 Å². The van der Waals surface area contributed by atoms with E-state index in [1.165, 1.54) is 77.0 Å². The smallest absolute Gasteiger partial charge is 0 e. The summed E-state index contributed by atoms with van der Waals surface area (Å²) in [7, 11) is 0. The van der Waals surface area contributed by atoms with Gasteiger partial charge in [0.25, 0.3) is 0 Å². The molecule has 0 bridgehead atoms. The molecule has 4 fully saturated rings. The van der Waals surface area contributed by atoms with Crippen molar-refractivity contribution in [2.24, 2.45) is 70.0 Å². The van der Waals surface area contributed by atoms with Crippen LogP contribution < -0.4 is 0 Å². The van der Waals surface area contributed by atoms with Crippen LogP contribution in [0.1, 0.15) is 498 Å². The molecule has 12 atom stereocenters. The van der Waals surface area contributed by atoms with E-state index >= 15 is 0 Å². The van der Waals surface area contributed by atoms with E-state index in [4.69, 9.17) is 0 Å². The van der Waals surface area contributed by atoms with Crippen LogP contribution in [-0.4, -0.2) is 0 Å². The van der Waals surface area contributed by atoms with Crippen LogP contribution in [-0.2, 0) is 32.7 Å². The first-order valence-electron chi connectivity index (χ1n) is 36.5. The van der Waals surface area contributed by atoms with E-state index in [2.05, 4.69) is 83.1 Å². The molecule has 4 saturated carbocycles. The fourth-order valence-corrected chi connectivity index (χ4v) is 11.0. The minimum atomic E-state index is 0. The third-order valence-electron chi connectivity index (χ3n) is 12.6. The fourth-order valence-electron chi connectivity index (χ4n) is 11.0. The van der Waals surface area contributed by atoms with Crippen LogP contribution in [0.2, 0.25) is 0 Å². The Bertz CT molecular complexity index is 551. The summed E-state index contributed by atoms with van der Waals surface area (Å²) >= 11 is 0. The third kappa shape index (κ3) is 109. The van der Waals surface area contributed by atoms with Crippen molar-refractivity contribution in [3.63, 3.8) is 0 Å². The van der Waals surface area contributed by atoms with Gasteiger partial charge in [-0.05, 0) is 72.0 Å². The van der Waals surface area contributed by atoms with E-state index in [-0.39, 0.29) is 107 Å². The minimum absolute atomic E-state index is 0. The van der Waals surface area contributed by atoms with Crippen molar-refractivity contribution in [1.82, 2.24) is 0 Å². The van der Waals surface area contributed by atoms with E-state index in [1.54, 1.807) is 0 Å². The molecule has 0 aromatic carbocycles. The van der Waals surface area contributed by atoms with Gasteiger partial charge in [-0.2, -0.15) is 11.8 Å². The molecular formula is C86H228Y-2. The molecule has 4 aliphatic rings. The van der Waals surface area contributed by atoms with Gasteiger partial charge in [-0.15, -0.1) is 0 Å². The Morgan fingerprint density at radius 3 is 0.471 bits per heavy atom. The first-order chi connectivity index (χ1) is 36.8. The molecule has 4 rings (SSSR count). The standard InChI is InChI=1S/2C14H26.C8H16.20C2H6.10CH4.Y/c1-10-6-5-7-11(2)14(10)12(3)8-9-13(14)4;1-10(2)14(11(3)4)12(5)8-7-9-13(14)6;1-7-4-3-5-8(2)6-7;20*1-2;;;;;;;;;;;/h10-13H,5-9H2,1-4H3;10-13H,1,3,7-9H2,2,4-6H3;7-8H,3-6H2,1-2H3;20*1-2H3;10*1H4;/q;-2;;;;;;;;;;;;;;;;;;;;;;;;;;;;;;;;/t2*10-,11+,12-,13+,14?;7-,8+;;;;;;;;;;;;;;;;;;;;;;;;;;;;;;;. The summed E-state index contributed by atoms with van der Waals surface area (Å²) in [4.78, 5) is 0. The quantitative estimate of drug-likeness (QED) is 0.242. The van der Waals surface area contributed by atoms with Crippen molar-refractivity contribution in [3.05, 3.63) is 13.8 Å². The first kappa shape index (κ1) is 198. The summed E-state index contributed by atoms with van der Waals surface area (Å²) in [5.41, 5.74) is 1.08. The van der Waals surface area contributed by atoms with E-state index in [0.717, 1.165) is 47.3 Å². The number of rotatable bonds is 2. The van der Waals surface area contributed by atoms with Gasteiger partial charge in [0.05, 0.1) is 0 Å². The molecular weight excluding hydrogens is 1120 g/mol. The zero-order valence-electron chi connectivity index (χ0n) is 67.3. The van der Waals surface area contributed by atoms with Crippen LogP contribution >= 0.6 is 0 Å². The number of hydrogen-bond donors (Lipinski definition) is 0. The van der Waals surface area contributed by atoms with Crippen LogP contribution in [0.4, 0.5) is 0 Å². The Hall–Kier alpha value is 1.10. The van der Waals surface area contributed by atoms with Crippen LogP contribution in [0.5, 0.6) is 0 Å². The molecule has 577 valence electrons. The van der Waals surface area contributed by atoms with Crippen molar-refractivity contribution in [2.45, 2.75) is 498 Å². The second kappa shape index (κ2) is 213. The van der Waals surface area contributed by atoms with E-state index < -0.39 is 0 Å². The van der Waals surface area contributed by atoms with Crippen molar-refractivity contribution >= 4 is 0 Å². The Morgan fingerprint density at radius 1 is 0.230 bits per heavy atom. The molecule has 0 amide bonds. The summed E-state index contributed by atoms with van der Waals surface area (Å²) in [6.07, 6.45) is 17.4. The summed E-state index contributed by atoms with van der Waals surface area (Å²) < 4.78 is 0. The van der Waals surface area contributed by atoms with E-state index in [0.29, 0.717) is 22.7 Å². The fraction of sp³-hybridized carbons (Fsp3) is 0.977. The zero-order valence-corrected chi connectivity index (χ0v) is 70.1. The summed E-state index contributed by atoms with van der Waals surface area (Å²) in [5, 5.41) is 0. The van der Waals surface area contributed by atoms with Gasteiger partial charge in [-0.3, -0.25) is 0 Å². The topological polar surface area (TPSA) is 0 Å². The minimum Gasteiger partial charge on any atom is -0.340 e. The van der Waals surface area contributed by atoms with Crippen molar-refractivity contribution in [2.75, 3.05) is 0 Å².